The largest absolute Gasteiger partial charge is 0.464 e. The second-order valence-corrected chi connectivity index (χ2v) is 8.03. The van der Waals surface area contributed by atoms with Crippen LogP contribution in [0.2, 0.25) is 0 Å². The summed E-state index contributed by atoms with van der Waals surface area (Å²) in [6.45, 7) is 3.79. The molecule has 4 heterocycles. The smallest absolute Gasteiger partial charge is 0.356 e. The first kappa shape index (κ1) is 18.6. The molecule has 6 nitrogen and oxygen atoms in total. The number of esters is 1. The summed E-state index contributed by atoms with van der Waals surface area (Å²) in [6.07, 6.45) is 4.13. The van der Waals surface area contributed by atoms with Crippen molar-refractivity contribution in [1.29, 1.82) is 0 Å². The van der Waals surface area contributed by atoms with Gasteiger partial charge in [-0.1, -0.05) is 0 Å². The minimum absolute atomic E-state index is 0.207. The Bertz CT molecular complexity index is 681. The van der Waals surface area contributed by atoms with Gasteiger partial charge in [-0.2, -0.15) is 0 Å². The third-order valence-corrected chi connectivity index (χ3v) is 6.30. The Morgan fingerprint density at radius 2 is 2.04 bits per heavy atom. The Morgan fingerprint density at radius 1 is 1.30 bits per heavy atom. The molecule has 0 bridgehead atoms. The Labute approximate surface area is 157 Å². The standard InChI is InChI=1S/C19H26F2N4O2/c1-27-17(26)15-3-2-14(10-23-15)25-12-18(13-25)5-8-24(9-6-18)16-4-7-22-11-19(16,20)21/h2-3,10,16,22H,4-9,11-13H2,1H3. The minimum Gasteiger partial charge on any atom is -0.464 e. The van der Waals surface area contributed by atoms with E-state index in [1.807, 2.05) is 11.0 Å². The SMILES string of the molecule is COC(=O)c1ccc(N2CC3(CCN(C4CCNCC4(F)F)CC3)C2)cn1. The normalized spacial score (nSPS) is 27.2. The van der Waals surface area contributed by atoms with Crippen LogP contribution in [-0.2, 0) is 4.74 Å². The van der Waals surface area contributed by atoms with Gasteiger partial charge in [0.25, 0.3) is 5.92 Å². The number of nitrogens with zero attached hydrogens (tertiary/aromatic N) is 3. The van der Waals surface area contributed by atoms with E-state index >= 15 is 0 Å². The highest BCUT2D eigenvalue weighted by atomic mass is 19.3. The van der Waals surface area contributed by atoms with E-state index in [-0.39, 0.29) is 12.0 Å². The van der Waals surface area contributed by atoms with Gasteiger partial charge in [-0.15, -0.1) is 0 Å². The lowest BCUT2D eigenvalue weighted by Gasteiger charge is -2.56. The van der Waals surface area contributed by atoms with Crippen LogP contribution >= 0.6 is 0 Å². The lowest BCUT2D eigenvalue weighted by atomic mass is 9.71. The second kappa shape index (κ2) is 6.98. The summed E-state index contributed by atoms with van der Waals surface area (Å²) in [6, 6.07) is 2.94. The molecule has 27 heavy (non-hydrogen) atoms. The highest BCUT2D eigenvalue weighted by Gasteiger charge is 2.50. The zero-order valence-electron chi connectivity index (χ0n) is 15.6. The third-order valence-electron chi connectivity index (χ3n) is 6.30. The van der Waals surface area contributed by atoms with Crippen molar-refractivity contribution < 1.29 is 18.3 Å². The topological polar surface area (TPSA) is 57.7 Å². The number of anilines is 1. The number of hydrogen-bond donors (Lipinski definition) is 1. The molecule has 3 saturated heterocycles. The number of aromatic nitrogens is 1. The summed E-state index contributed by atoms with van der Waals surface area (Å²) >= 11 is 0. The van der Waals surface area contributed by atoms with E-state index in [1.165, 1.54) is 7.11 Å². The van der Waals surface area contributed by atoms with Crippen LogP contribution in [0.15, 0.2) is 18.3 Å². The predicted molar refractivity (Wildman–Crippen MR) is 97.3 cm³/mol. The molecular formula is C19H26F2N4O2. The number of methoxy groups -OCH3 is 1. The van der Waals surface area contributed by atoms with Crippen LogP contribution in [0, 0.1) is 5.41 Å². The molecule has 1 aromatic rings. The maximum atomic E-state index is 14.2. The van der Waals surface area contributed by atoms with E-state index in [9.17, 15) is 13.6 Å². The molecule has 1 aromatic heterocycles. The van der Waals surface area contributed by atoms with Crippen LogP contribution in [0.5, 0.6) is 0 Å². The van der Waals surface area contributed by atoms with Gasteiger partial charge in [0.15, 0.2) is 0 Å². The summed E-state index contributed by atoms with van der Waals surface area (Å²) < 4.78 is 33.0. The molecule has 0 saturated carbocycles. The fourth-order valence-corrected chi connectivity index (χ4v) is 4.64. The number of likely N-dealkylation sites (tertiary alicyclic amines) is 1. The number of halogens is 2. The first-order chi connectivity index (χ1) is 12.9. The molecule has 0 amide bonds. The number of carbonyl (C=O) groups excluding carboxylic acids is 1. The summed E-state index contributed by atoms with van der Waals surface area (Å²) in [5.74, 6) is -3.08. The van der Waals surface area contributed by atoms with Crippen molar-refractivity contribution in [1.82, 2.24) is 15.2 Å². The molecule has 3 aliphatic rings. The first-order valence-corrected chi connectivity index (χ1v) is 9.54. The molecule has 3 aliphatic heterocycles. The number of carbonyl (C=O) groups is 1. The van der Waals surface area contributed by atoms with Crippen molar-refractivity contribution in [3.8, 4) is 0 Å². The summed E-state index contributed by atoms with van der Waals surface area (Å²) in [7, 11) is 1.34. The fraction of sp³-hybridized carbons (Fsp3) is 0.684. The van der Waals surface area contributed by atoms with Crippen molar-refractivity contribution in [2.45, 2.75) is 31.2 Å². The van der Waals surface area contributed by atoms with Crippen LogP contribution in [0.25, 0.3) is 0 Å². The number of pyridine rings is 1. The highest BCUT2D eigenvalue weighted by Crippen LogP contribution is 2.44. The van der Waals surface area contributed by atoms with Crippen LogP contribution in [0.1, 0.15) is 29.8 Å². The van der Waals surface area contributed by atoms with Gasteiger partial charge in [-0.25, -0.2) is 18.6 Å². The van der Waals surface area contributed by atoms with Gasteiger partial charge < -0.3 is 15.0 Å². The molecule has 4 rings (SSSR count). The number of rotatable bonds is 3. The van der Waals surface area contributed by atoms with Crippen LogP contribution in [0.3, 0.4) is 0 Å². The maximum absolute atomic E-state index is 14.2. The predicted octanol–water partition coefficient (Wildman–Crippen LogP) is 1.77. The summed E-state index contributed by atoms with van der Waals surface area (Å²) in [4.78, 5) is 19.9. The van der Waals surface area contributed by atoms with Crippen molar-refractivity contribution in [2.75, 3.05) is 51.3 Å². The molecule has 148 valence electrons. The lowest BCUT2D eigenvalue weighted by molar-refractivity contribution is -0.108. The molecule has 0 radical (unpaired) electrons. The van der Waals surface area contributed by atoms with Crippen LogP contribution in [-0.4, -0.2) is 74.2 Å². The molecule has 1 unspecified atom stereocenters. The third kappa shape index (κ3) is 3.52. The molecule has 3 fully saturated rings. The quantitative estimate of drug-likeness (QED) is 0.807. The van der Waals surface area contributed by atoms with Crippen LogP contribution in [0.4, 0.5) is 14.5 Å². The van der Waals surface area contributed by atoms with E-state index in [2.05, 4.69) is 19.9 Å². The zero-order chi connectivity index (χ0) is 19.1. The van der Waals surface area contributed by atoms with Crippen molar-refractivity contribution in [3.63, 3.8) is 0 Å². The Kier molecular flexibility index (Phi) is 4.80. The number of ether oxygens (including phenoxy) is 1. The maximum Gasteiger partial charge on any atom is 0.356 e. The minimum atomic E-state index is -2.64. The van der Waals surface area contributed by atoms with Gasteiger partial charge in [0.1, 0.15) is 5.69 Å². The van der Waals surface area contributed by atoms with Crippen molar-refractivity contribution in [3.05, 3.63) is 24.0 Å². The molecule has 0 aromatic carbocycles. The molecule has 1 atom stereocenters. The van der Waals surface area contributed by atoms with Gasteiger partial charge in [0, 0.05) is 18.5 Å². The van der Waals surface area contributed by atoms with Gasteiger partial charge >= 0.3 is 5.97 Å². The lowest BCUT2D eigenvalue weighted by Crippen LogP contribution is -2.64. The van der Waals surface area contributed by atoms with E-state index in [0.717, 1.165) is 44.7 Å². The monoisotopic (exact) mass is 380 g/mol. The van der Waals surface area contributed by atoms with Gasteiger partial charge in [0.2, 0.25) is 0 Å². The van der Waals surface area contributed by atoms with Crippen LogP contribution < -0.4 is 10.2 Å². The highest BCUT2D eigenvalue weighted by molar-refractivity contribution is 5.87. The molecular weight excluding hydrogens is 354 g/mol. The van der Waals surface area contributed by atoms with Crippen molar-refractivity contribution in [2.24, 2.45) is 5.41 Å². The number of nitrogens with one attached hydrogen (secondary N) is 1. The summed E-state index contributed by atoms with van der Waals surface area (Å²) in [5.41, 5.74) is 1.51. The molecule has 1 spiro atoms. The number of alkyl halides is 2. The van der Waals surface area contributed by atoms with Gasteiger partial charge in [0.05, 0.1) is 31.6 Å². The summed E-state index contributed by atoms with van der Waals surface area (Å²) in [5, 5.41) is 2.80. The Balaban J connectivity index is 1.31. The van der Waals surface area contributed by atoms with E-state index in [4.69, 9.17) is 0 Å². The van der Waals surface area contributed by atoms with E-state index < -0.39 is 17.9 Å². The fourth-order valence-electron chi connectivity index (χ4n) is 4.64. The Morgan fingerprint density at radius 3 is 2.63 bits per heavy atom. The average Bonchev–Trinajstić information content (AvgIpc) is 2.65. The van der Waals surface area contributed by atoms with Crippen molar-refractivity contribution >= 4 is 11.7 Å². The van der Waals surface area contributed by atoms with Gasteiger partial charge in [-0.3, -0.25) is 4.90 Å². The second-order valence-electron chi connectivity index (χ2n) is 8.03. The number of hydrogen-bond acceptors (Lipinski definition) is 6. The Hall–Kier alpha value is -1.80. The molecule has 8 heteroatoms. The molecule has 1 N–H and O–H groups in total. The first-order valence-electron chi connectivity index (χ1n) is 9.54. The van der Waals surface area contributed by atoms with E-state index in [0.29, 0.717) is 18.7 Å². The zero-order valence-corrected chi connectivity index (χ0v) is 15.6. The number of piperidine rings is 2. The average molecular weight is 380 g/mol. The van der Waals surface area contributed by atoms with Gasteiger partial charge in [-0.05, 0) is 51.0 Å². The van der Waals surface area contributed by atoms with E-state index in [1.54, 1.807) is 12.3 Å². The molecule has 0 aliphatic carbocycles.